The first kappa shape index (κ1) is 30.4. The number of benzene rings is 3. The summed E-state index contributed by atoms with van der Waals surface area (Å²) < 4.78 is 40.7. The van der Waals surface area contributed by atoms with E-state index in [2.05, 4.69) is 5.32 Å². The SMILES string of the molecule is CN(CCCC(=O)N(Cc1ccc(F)cc1)[C@H](Cc1ccccc1)C(=O)NC1CCCC1)S(=O)(=O)c1ccccc1. The molecule has 0 saturated heterocycles. The molecule has 7 nitrogen and oxygen atoms in total. The van der Waals surface area contributed by atoms with Gasteiger partial charge < -0.3 is 10.2 Å². The van der Waals surface area contributed by atoms with Crippen molar-refractivity contribution >= 4 is 21.8 Å². The highest BCUT2D eigenvalue weighted by Gasteiger charge is 2.32. The number of nitrogens with zero attached hydrogens (tertiary/aromatic N) is 2. The van der Waals surface area contributed by atoms with Gasteiger partial charge in [-0.05, 0) is 54.7 Å². The van der Waals surface area contributed by atoms with Crippen molar-refractivity contribution < 1.29 is 22.4 Å². The fourth-order valence-electron chi connectivity index (χ4n) is 5.20. The average molecular weight is 580 g/mol. The van der Waals surface area contributed by atoms with Crippen LogP contribution in [-0.4, -0.2) is 55.1 Å². The van der Waals surface area contributed by atoms with Gasteiger partial charge >= 0.3 is 0 Å². The van der Waals surface area contributed by atoms with Crippen LogP contribution in [0.25, 0.3) is 0 Å². The van der Waals surface area contributed by atoms with Gasteiger partial charge in [-0.2, -0.15) is 0 Å². The number of amides is 2. The monoisotopic (exact) mass is 579 g/mol. The molecular formula is C32H38FN3O4S. The van der Waals surface area contributed by atoms with Crippen molar-refractivity contribution in [2.45, 2.75) is 68.5 Å². The molecule has 41 heavy (non-hydrogen) atoms. The number of sulfonamides is 1. The van der Waals surface area contributed by atoms with E-state index in [0.717, 1.165) is 31.2 Å². The first-order valence-electron chi connectivity index (χ1n) is 14.1. The van der Waals surface area contributed by atoms with Gasteiger partial charge in [-0.15, -0.1) is 0 Å². The molecule has 0 bridgehead atoms. The number of halogens is 1. The van der Waals surface area contributed by atoms with Crippen molar-refractivity contribution in [3.63, 3.8) is 0 Å². The zero-order chi connectivity index (χ0) is 29.2. The van der Waals surface area contributed by atoms with Crippen LogP contribution in [0.15, 0.2) is 89.8 Å². The van der Waals surface area contributed by atoms with E-state index in [0.29, 0.717) is 12.0 Å². The Labute approximate surface area is 242 Å². The Morgan fingerprint density at radius 1 is 0.902 bits per heavy atom. The second-order valence-electron chi connectivity index (χ2n) is 10.6. The van der Waals surface area contributed by atoms with E-state index in [4.69, 9.17) is 0 Å². The molecule has 1 atom stereocenters. The minimum Gasteiger partial charge on any atom is -0.352 e. The van der Waals surface area contributed by atoms with Crippen LogP contribution in [0.2, 0.25) is 0 Å². The van der Waals surface area contributed by atoms with Crippen LogP contribution >= 0.6 is 0 Å². The second kappa shape index (κ2) is 14.4. The van der Waals surface area contributed by atoms with Crippen LogP contribution in [-0.2, 0) is 32.6 Å². The highest BCUT2D eigenvalue weighted by Crippen LogP contribution is 2.21. The Kier molecular flexibility index (Phi) is 10.7. The van der Waals surface area contributed by atoms with Gasteiger partial charge in [0.25, 0.3) is 0 Å². The van der Waals surface area contributed by atoms with Crippen molar-refractivity contribution in [1.29, 1.82) is 0 Å². The van der Waals surface area contributed by atoms with Crippen LogP contribution in [0.5, 0.6) is 0 Å². The summed E-state index contributed by atoms with van der Waals surface area (Å²) in [6.07, 6.45) is 4.61. The quantitative estimate of drug-likeness (QED) is 0.311. The summed E-state index contributed by atoms with van der Waals surface area (Å²) in [5, 5.41) is 3.16. The van der Waals surface area contributed by atoms with E-state index in [1.165, 1.54) is 23.5 Å². The van der Waals surface area contributed by atoms with Gasteiger partial charge in [0.2, 0.25) is 21.8 Å². The lowest BCUT2D eigenvalue weighted by atomic mass is 10.0. The summed E-state index contributed by atoms with van der Waals surface area (Å²) in [7, 11) is -2.19. The standard InChI is InChI=1S/C32H38FN3O4S/c1-35(41(39,40)29-15-6-3-7-16-29)22-10-17-31(37)36(24-26-18-20-27(33)21-19-26)30(23-25-11-4-2-5-12-25)32(38)34-28-13-8-9-14-28/h2-7,11-12,15-16,18-21,28,30H,8-10,13-14,17,22-24H2,1H3,(H,34,38)/t30-/m1/s1. The Balaban J connectivity index is 1.53. The van der Waals surface area contributed by atoms with E-state index in [1.54, 1.807) is 47.4 Å². The molecule has 1 N–H and O–H groups in total. The van der Waals surface area contributed by atoms with Gasteiger partial charge in [0, 0.05) is 39.0 Å². The molecule has 4 rings (SSSR count). The molecule has 1 aliphatic carbocycles. The zero-order valence-electron chi connectivity index (χ0n) is 23.4. The lowest BCUT2D eigenvalue weighted by molar-refractivity contribution is -0.141. The summed E-state index contributed by atoms with van der Waals surface area (Å²) >= 11 is 0. The van der Waals surface area contributed by atoms with Gasteiger partial charge in [0.05, 0.1) is 4.90 Å². The highest BCUT2D eigenvalue weighted by molar-refractivity contribution is 7.89. The Bertz CT molecular complexity index is 1380. The van der Waals surface area contributed by atoms with Crippen molar-refractivity contribution in [2.24, 2.45) is 0 Å². The first-order valence-corrected chi connectivity index (χ1v) is 15.6. The number of carbonyl (C=O) groups excluding carboxylic acids is 2. The predicted molar refractivity (Wildman–Crippen MR) is 157 cm³/mol. The Morgan fingerprint density at radius 3 is 2.15 bits per heavy atom. The zero-order valence-corrected chi connectivity index (χ0v) is 24.2. The van der Waals surface area contributed by atoms with Crippen molar-refractivity contribution in [1.82, 2.24) is 14.5 Å². The summed E-state index contributed by atoms with van der Waals surface area (Å²) in [4.78, 5) is 29.3. The fourth-order valence-corrected chi connectivity index (χ4v) is 6.43. The van der Waals surface area contributed by atoms with Crippen molar-refractivity contribution in [2.75, 3.05) is 13.6 Å². The first-order chi connectivity index (χ1) is 19.7. The molecule has 1 aliphatic rings. The lowest BCUT2D eigenvalue weighted by Gasteiger charge is -2.32. The molecule has 218 valence electrons. The molecule has 0 aliphatic heterocycles. The van der Waals surface area contributed by atoms with E-state index >= 15 is 0 Å². The van der Waals surface area contributed by atoms with Gasteiger partial charge in [-0.25, -0.2) is 17.1 Å². The molecule has 1 saturated carbocycles. The number of hydrogen-bond acceptors (Lipinski definition) is 4. The second-order valence-corrected chi connectivity index (χ2v) is 12.6. The fraction of sp³-hybridized carbons (Fsp3) is 0.375. The van der Waals surface area contributed by atoms with E-state index < -0.39 is 16.1 Å². The maximum atomic E-state index is 13.8. The number of carbonyl (C=O) groups is 2. The summed E-state index contributed by atoms with van der Waals surface area (Å²) in [5.74, 6) is -0.851. The Morgan fingerprint density at radius 2 is 1.51 bits per heavy atom. The maximum absolute atomic E-state index is 13.8. The molecule has 0 heterocycles. The van der Waals surface area contributed by atoms with Gasteiger partial charge in [0.1, 0.15) is 11.9 Å². The minimum atomic E-state index is -3.68. The van der Waals surface area contributed by atoms with Crippen LogP contribution in [0, 0.1) is 5.82 Å². The van der Waals surface area contributed by atoms with E-state index in [9.17, 15) is 22.4 Å². The summed E-state index contributed by atoms with van der Waals surface area (Å²) in [6.45, 7) is 0.276. The van der Waals surface area contributed by atoms with E-state index in [-0.39, 0.29) is 54.5 Å². The van der Waals surface area contributed by atoms with Crippen molar-refractivity contribution in [3.05, 3.63) is 102 Å². The lowest BCUT2D eigenvalue weighted by Crippen LogP contribution is -2.52. The molecule has 1 fully saturated rings. The van der Waals surface area contributed by atoms with Gasteiger partial charge in [-0.3, -0.25) is 9.59 Å². The topological polar surface area (TPSA) is 86.8 Å². The van der Waals surface area contributed by atoms with Crippen LogP contribution in [0.1, 0.15) is 49.7 Å². The number of rotatable bonds is 13. The van der Waals surface area contributed by atoms with Gasteiger partial charge in [0.15, 0.2) is 0 Å². The van der Waals surface area contributed by atoms with Crippen LogP contribution in [0.4, 0.5) is 4.39 Å². The van der Waals surface area contributed by atoms with Crippen molar-refractivity contribution in [3.8, 4) is 0 Å². The Hall–Kier alpha value is -3.56. The normalized spacial score (nSPS) is 14.6. The molecular weight excluding hydrogens is 541 g/mol. The van der Waals surface area contributed by atoms with Gasteiger partial charge in [-0.1, -0.05) is 73.5 Å². The predicted octanol–water partition coefficient (Wildman–Crippen LogP) is 4.93. The minimum absolute atomic E-state index is 0.0534. The smallest absolute Gasteiger partial charge is 0.243 e. The third-order valence-corrected chi connectivity index (χ3v) is 9.42. The molecule has 3 aromatic rings. The van der Waals surface area contributed by atoms with E-state index in [1.807, 2.05) is 30.3 Å². The molecule has 0 radical (unpaired) electrons. The average Bonchev–Trinajstić information content (AvgIpc) is 3.49. The highest BCUT2D eigenvalue weighted by atomic mass is 32.2. The molecule has 9 heteroatoms. The number of nitrogens with one attached hydrogen (secondary N) is 1. The third kappa shape index (κ3) is 8.47. The van der Waals surface area contributed by atoms with Crippen LogP contribution < -0.4 is 5.32 Å². The molecule has 0 unspecified atom stereocenters. The third-order valence-electron chi connectivity index (χ3n) is 7.55. The maximum Gasteiger partial charge on any atom is 0.243 e. The molecule has 0 spiro atoms. The largest absolute Gasteiger partial charge is 0.352 e. The van der Waals surface area contributed by atoms with Crippen LogP contribution in [0.3, 0.4) is 0 Å². The number of hydrogen-bond donors (Lipinski definition) is 1. The molecule has 3 aromatic carbocycles. The summed E-state index contributed by atoms with van der Waals surface area (Å²) in [6, 6.07) is 22.9. The molecule has 2 amide bonds. The molecule has 0 aromatic heterocycles. The summed E-state index contributed by atoms with van der Waals surface area (Å²) in [5.41, 5.74) is 1.62.